The van der Waals surface area contributed by atoms with E-state index in [1.807, 2.05) is 31.2 Å². The van der Waals surface area contributed by atoms with Gasteiger partial charge in [0.1, 0.15) is 5.75 Å². The van der Waals surface area contributed by atoms with E-state index in [-0.39, 0.29) is 12.6 Å². The van der Waals surface area contributed by atoms with Crippen LogP contribution in [0.5, 0.6) is 11.6 Å². The first-order chi connectivity index (χ1) is 9.28. The summed E-state index contributed by atoms with van der Waals surface area (Å²) in [6.07, 6.45) is 4.76. The first-order valence-electron chi connectivity index (χ1n) is 6.15. The highest BCUT2D eigenvalue weighted by atomic mass is 16.5. The van der Waals surface area contributed by atoms with E-state index in [1.165, 1.54) is 0 Å². The zero-order valence-corrected chi connectivity index (χ0v) is 10.8. The lowest BCUT2D eigenvalue weighted by atomic mass is 10.2. The molecular formula is C14H17N3O2. The van der Waals surface area contributed by atoms with Crippen molar-refractivity contribution in [2.75, 3.05) is 6.61 Å². The van der Waals surface area contributed by atoms with Crippen LogP contribution in [0.1, 0.15) is 12.5 Å². The number of nitrogens with one attached hydrogen (secondary N) is 1. The molecular weight excluding hydrogens is 242 g/mol. The predicted molar refractivity (Wildman–Crippen MR) is 71.9 cm³/mol. The van der Waals surface area contributed by atoms with Gasteiger partial charge in [-0.2, -0.15) is 0 Å². The minimum atomic E-state index is 0.0931. The molecule has 1 heterocycles. The molecule has 100 valence electrons. The predicted octanol–water partition coefficient (Wildman–Crippen LogP) is 1.74. The molecule has 0 fully saturated rings. The van der Waals surface area contributed by atoms with Crippen molar-refractivity contribution in [3.05, 3.63) is 48.4 Å². The summed E-state index contributed by atoms with van der Waals surface area (Å²) >= 11 is 0. The molecule has 2 aromatic rings. The molecule has 0 bridgehead atoms. The van der Waals surface area contributed by atoms with E-state index in [1.54, 1.807) is 18.6 Å². The van der Waals surface area contributed by atoms with Crippen molar-refractivity contribution >= 4 is 0 Å². The van der Waals surface area contributed by atoms with Crippen LogP contribution in [-0.2, 0) is 6.54 Å². The third-order valence-electron chi connectivity index (χ3n) is 2.61. The number of aliphatic hydroxyl groups is 1. The Balaban J connectivity index is 1.91. The maximum Gasteiger partial charge on any atom is 0.237 e. The Morgan fingerprint density at radius 2 is 2.05 bits per heavy atom. The minimum absolute atomic E-state index is 0.0931. The summed E-state index contributed by atoms with van der Waals surface area (Å²) in [5.74, 6) is 1.20. The normalized spacial score (nSPS) is 12.1. The second-order valence-corrected chi connectivity index (χ2v) is 4.25. The number of aromatic nitrogens is 2. The van der Waals surface area contributed by atoms with Gasteiger partial charge in [-0.15, -0.1) is 0 Å². The Morgan fingerprint density at radius 1 is 1.26 bits per heavy atom. The molecule has 19 heavy (non-hydrogen) atoms. The molecule has 0 aliphatic heterocycles. The fraction of sp³-hybridized carbons (Fsp3) is 0.286. The Bertz CT molecular complexity index is 488. The van der Waals surface area contributed by atoms with Crippen LogP contribution in [0.15, 0.2) is 42.9 Å². The van der Waals surface area contributed by atoms with Crippen molar-refractivity contribution in [2.45, 2.75) is 19.5 Å². The molecule has 0 radical (unpaired) electrons. The van der Waals surface area contributed by atoms with Gasteiger partial charge in [0.05, 0.1) is 12.8 Å². The van der Waals surface area contributed by atoms with Crippen LogP contribution in [0.2, 0.25) is 0 Å². The van der Waals surface area contributed by atoms with Crippen LogP contribution in [0.25, 0.3) is 0 Å². The summed E-state index contributed by atoms with van der Waals surface area (Å²) < 4.78 is 5.55. The van der Waals surface area contributed by atoms with Gasteiger partial charge in [-0.1, -0.05) is 12.1 Å². The highest BCUT2D eigenvalue weighted by molar-refractivity contribution is 5.29. The van der Waals surface area contributed by atoms with E-state index in [0.717, 1.165) is 11.3 Å². The Labute approximate surface area is 112 Å². The first-order valence-corrected chi connectivity index (χ1v) is 6.15. The lowest BCUT2D eigenvalue weighted by molar-refractivity contribution is 0.251. The summed E-state index contributed by atoms with van der Waals surface area (Å²) in [7, 11) is 0. The number of aliphatic hydroxyl groups excluding tert-OH is 1. The third kappa shape index (κ3) is 4.31. The second kappa shape index (κ2) is 6.82. The third-order valence-corrected chi connectivity index (χ3v) is 2.61. The summed E-state index contributed by atoms with van der Waals surface area (Å²) in [5, 5.41) is 12.1. The van der Waals surface area contributed by atoms with Crippen LogP contribution < -0.4 is 10.1 Å². The van der Waals surface area contributed by atoms with Crippen LogP contribution in [0.4, 0.5) is 0 Å². The Morgan fingerprint density at radius 3 is 2.68 bits per heavy atom. The molecule has 1 atom stereocenters. The van der Waals surface area contributed by atoms with Gasteiger partial charge in [0, 0.05) is 25.0 Å². The topological polar surface area (TPSA) is 67.3 Å². The van der Waals surface area contributed by atoms with Gasteiger partial charge >= 0.3 is 0 Å². The zero-order valence-electron chi connectivity index (χ0n) is 10.8. The van der Waals surface area contributed by atoms with Crippen LogP contribution in [0, 0.1) is 0 Å². The quantitative estimate of drug-likeness (QED) is 0.827. The van der Waals surface area contributed by atoms with Crippen molar-refractivity contribution in [2.24, 2.45) is 0 Å². The summed E-state index contributed by atoms with van der Waals surface area (Å²) in [6.45, 7) is 2.78. The molecule has 0 spiro atoms. The van der Waals surface area contributed by atoms with Gasteiger partial charge < -0.3 is 15.2 Å². The van der Waals surface area contributed by atoms with Crippen molar-refractivity contribution < 1.29 is 9.84 Å². The fourth-order valence-electron chi connectivity index (χ4n) is 1.49. The van der Waals surface area contributed by atoms with Crippen LogP contribution >= 0.6 is 0 Å². The minimum Gasteiger partial charge on any atom is -0.438 e. The molecule has 0 amide bonds. The number of benzene rings is 1. The SMILES string of the molecule is CC(CO)NCc1ccc(Oc2cnccn2)cc1. The maximum absolute atomic E-state index is 8.93. The molecule has 0 saturated heterocycles. The Hall–Kier alpha value is -1.98. The maximum atomic E-state index is 8.93. The van der Waals surface area contributed by atoms with Gasteiger partial charge in [0.25, 0.3) is 0 Å². The number of rotatable bonds is 6. The van der Waals surface area contributed by atoms with E-state index in [9.17, 15) is 0 Å². The number of hydrogen-bond acceptors (Lipinski definition) is 5. The van der Waals surface area contributed by atoms with Crippen molar-refractivity contribution in [3.63, 3.8) is 0 Å². The average Bonchev–Trinajstić information content (AvgIpc) is 2.47. The zero-order chi connectivity index (χ0) is 13.5. The van der Waals surface area contributed by atoms with Crippen molar-refractivity contribution in [1.29, 1.82) is 0 Å². The molecule has 5 nitrogen and oxygen atoms in total. The highest BCUT2D eigenvalue weighted by Gasteiger charge is 2.01. The number of ether oxygens (including phenoxy) is 1. The van der Waals surface area contributed by atoms with Crippen molar-refractivity contribution in [3.8, 4) is 11.6 Å². The van der Waals surface area contributed by atoms with Gasteiger partial charge in [0.2, 0.25) is 5.88 Å². The van der Waals surface area contributed by atoms with Gasteiger partial charge in [-0.05, 0) is 24.6 Å². The molecule has 0 aliphatic rings. The number of nitrogens with zero attached hydrogens (tertiary/aromatic N) is 2. The Kier molecular flexibility index (Phi) is 4.83. The average molecular weight is 259 g/mol. The van der Waals surface area contributed by atoms with E-state index in [0.29, 0.717) is 12.4 Å². The largest absolute Gasteiger partial charge is 0.438 e. The summed E-state index contributed by atoms with van der Waals surface area (Å²) in [5.41, 5.74) is 1.13. The first kappa shape index (κ1) is 13.5. The van der Waals surface area contributed by atoms with E-state index in [2.05, 4.69) is 15.3 Å². The van der Waals surface area contributed by atoms with Gasteiger partial charge in [-0.3, -0.25) is 4.98 Å². The summed E-state index contributed by atoms with van der Waals surface area (Å²) in [6, 6.07) is 7.81. The van der Waals surface area contributed by atoms with E-state index >= 15 is 0 Å². The molecule has 0 saturated carbocycles. The molecule has 2 rings (SSSR count). The van der Waals surface area contributed by atoms with E-state index in [4.69, 9.17) is 9.84 Å². The monoisotopic (exact) mass is 259 g/mol. The highest BCUT2D eigenvalue weighted by Crippen LogP contribution is 2.18. The van der Waals surface area contributed by atoms with Crippen molar-refractivity contribution in [1.82, 2.24) is 15.3 Å². The van der Waals surface area contributed by atoms with Gasteiger partial charge in [-0.25, -0.2) is 4.98 Å². The molecule has 1 unspecified atom stereocenters. The van der Waals surface area contributed by atoms with Crippen LogP contribution in [0.3, 0.4) is 0 Å². The number of hydrogen-bond donors (Lipinski definition) is 2. The fourth-order valence-corrected chi connectivity index (χ4v) is 1.49. The molecule has 1 aromatic carbocycles. The molecule has 0 aliphatic carbocycles. The standard InChI is InChI=1S/C14H17N3O2/c1-11(10-18)17-8-12-2-4-13(5-3-12)19-14-9-15-6-7-16-14/h2-7,9,11,17-18H,8,10H2,1H3. The molecule has 5 heteroatoms. The smallest absolute Gasteiger partial charge is 0.237 e. The summed E-state index contributed by atoms with van der Waals surface area (Å²) in [4.78, 5) is 7.98. The van der Waals surface area contributed by atoms with Crippen LogP contribution in [-0.4, -0.2) is 27.7 Å². The second-order valence-electron chi connectivity index (χ2n) is 4.25. The molecule has 2 N–H and O–H groups in total. The lowest BCUT2D eigenvalue weighted by Gasteiger charge is -2.11. The molecule has 1 aromatic heterocycles. The lowest BCUT2D eigenvalue weighted by Crippen LogP contribution is -2.28. The van der Waals surface area contributed by atoms with E-state index < -0.39 is 0 Å². The van der Waals surface area contributed by atoms with Gasteiger partial charge in [0.15, 0.2) is 0 Å².